The summed E-state index contributed by atoms with van der Waals surface area (Å²) < 4.78 is 39.0. The zero-order valence-corrected chi connectivity index (χ0v) is 11.0. The Morgan fingerprint density at radius 2 is 2.10 bits per heavy atom. The predicted octanol–water partition coefficient (Wildman–Crippen LogP) is 3.52. The first kappa shape index (κ1) is 14.4. The summed E-state index contributed by atoms with van der Waals surface area (Å²) in [5.41, 5.74) is -1.20. The van der Waals surface area contributed by atoms with Crippen molar-refractivity contribution in [3.05, 3.63) is 34.9 Å². The Bertz CT molecular complexity index is 589. The van der Waals surface area contributed by atoms with Crippen LogP contribution in [0.3, 0.4) is 0 Å². The van der Waals surface area contributed by atoms with Crippen molar-refractivity contribution in [1.29, 1.82) is 5.26 Å². The van der Waals surface area contributed by atoms with E-state index in [-0.39, 0.29) is 17.2 Å². The zero-order valence-electron chi connectivity index (χ0n) is 11.0. The van der Waals surface area contributed by atoms with Crippen LogP contribution >= 0.6 is 0 Å². The Balaban J connectivity index is 2.64. The number of alkyl halides is 3. The molecule has 1 aromatic rings. The van der Waals surface area contributed by atoms with Gasteiger partial charge in [-0.25, -0.2) is 0 Å². The molecule has 0 aliphatic carbocycles. The molecule has 6 heteroatoms. The third-order valence-electron chi connectivity index (χ3n) is 3.61. The molecule has 0 spiro atoms. The van der Waals surface area contributed by atoms with Crippen molar-refractivity contribution in [3.63, 3.8) is 0 Å². The molecular weight excluding hydrogens is 269 g/mol. The largest absolute Gasteiger partial charge is 0.417 e. The summed E-state index contributed by atoms with van der Waals surface area (Å²) in [6.07, 6.45) is -4.04. The smallest absolute Gasteiger partial charge is 0.316 e. The molecule has 0 fully saturated rings. The number of fused-ring (bicyclic) bond motifs is 1. The van der Waals surface area contributed by atoms with Gasteiger partial charge in [0.1, 0.15) is 6.04 Å². The lowest BCUT2D eigenvalue weighted by Crippen LogP contribution is -2.35. The van der Waals surface area contributed by atoms with Crippen LogP contribution in [0.1, 0.15) is 47.8 Å². The van der Waals surface area contributed by atoms with Crippen molar-refractivity contribution in [1.82, 2.24) is 4.90 Å². The minimum atomic E-state index is -4.60. The summed E-state index contributed by atoms with van der Waals surface area (Å²) in [5.74, 6) is -0.714. The summed E-state index contributed by atoms with van der Waals surface area (Å²) in [6, 6.07) is 4.22. The summed E-state index contributed by atoms with van der Waals surface area (Å²) in [6.45, 7) is 3.54. The molecule has 1 amide bonds. The Morgan fingerprint density at radius 1 is 1.45 bits per heavy atom. The van der Waals surface area contributed by atoms with Gasteiger partial charge in [-0.05, 0) is 19.4 Å². The highest BCUT2D eigenvalue weighted by Crippen LogP contribution is 2.42. The van der Waals surface area contributed by atoms with Gasteiger partial charge in [-0.3, -0.25) is 4.79 Å². The molecule has 2 unspecified atom stereocenters. The number of amides is 1. The van der Waals surface area contributed by atoms with Crippen LogP contribution in [0.4, 0.5) is 13.2 Å². The fraction of sp³-hybridized carbons (Fsp3) is 0.429. The molecule has 1 aromatic carbocycles. The maximum atomic E-state index is 13.0. The van der Waals surface area contributed by atoms with E-state index < -0.39 is 23.7 Å². The fourth-order valence-electron chi connectivity index (χ4n) is 2.45. The Morgan fingerprint density at radius 3 is 2.60 bits per heavy atom. The molecule has 0 N–H and O–H groups in total. The van der Waals surface area contributed by atoms with Crippen molar-refractivity contribution in [2.45, 2.75) is 38.5 Å². The summed E-state index contributed by atoms with van der Waals surface area (Å²) in [7, 11) is 0. The van der Waals surface area contributed by atoms with Crippen LogP contribution in [0.15, 0.2) is 18.2 Å². The molecule has 3 nitrogen and oxygen atoms in total. The van der Waals surface area contributed by atoms with Gasteiger partial charge in [-0.2, -0.15) is 18.4 Å². The van der Waals surface area contributed by atoms with Gasteiger partial charge in [0.25, 0.3) is 5.91 Å². The van der Waals surface area contributed by atoms with E-state index in [9.17, 15) is 23.2 Å². The SMILES string of the molecule is CCC(C)N1C(=O)c2c(cccc2C(F)(F)F)C1C#N. The number of carbonyl (C=O) groups is 1. The van der Waals surface area contributed by atoms with Crippen LogP contribution in [0, 0.1) is 11.3 Å². The maximum Gasteiger partial charge on any atom is 0.417 e. The van der Waals surface area contributed by atoms with Gasteiger partial charge in [0.05, 0.1) is 17.2 Å². The van der Waals surface area contributed by atoms with Crippen LogP contribution in [0.2, 0.25) is 0 Å². The van der Waals surface area contributed by atoms with E-state index in [0.717, 1.165) is 6.07 Å². The lowest BCUT2D eigenvalue weighted by Gasteiger charge is -2.26. The maximum absolute atomic E-state index is 13.0. The van der Waals surface area contributed by atoms with Crippen molar-refractivity contribution < 1.29 is 18.0 Å². The Kier molecular flexibility index (Phi) is 3.46. The number of benzene rings is 1. The summed E-state index contributed by atoms with van der Waals surface area (Å²) in [5, 5.41) is 9.21. The minimum absolute atomic E-state index is 0.146. The van der Waals surface area contributed by atoms with Gasteiger partial charge < -0.3 is 4.90 Å². The highest BCUT2D eigenvalue weighted by atomic mass is 19.4. The average molecular weight is 282 g/mol. The molecule has 2 rings (SSSR count). The lowest BCUT2D eigenvalue weighted by molar-refractivity contribution is -0.137. The topological polar surface area (TPSA) is 44.1 Å². The Labute approximate surface area is 114 Å². The van der Waals surface area contributed by atoms with Gasteiger partial charge in [0.15, 0.2) is 0 Å². The van der Waals surface area contributed by atoms with E-state index in [1.165, 1.54) is 17.0 Å². The van der Waals surface area contributed by atoms with Crippen LogP contribution in [0.5, 0.6) is 0 Å². The van der Waals surface area contributed by atoms with E-state index in [4.69, 9.17) is 0 Å². The molecule has 0 bridgehead atoms. The average Bonchev–Trinajstić information content (AvgIpc) is 2.69. The molecular formula is C14H13F3N2O. The van der Waals surface area contributed by atoms with E-state index in [1.54, 1.807) is 6.92 Å². The first-order valence-electron chi connectivity index (χ1n) is 6.25. The second-order valence-corrected chi connectivity index (χ2v) is 4.77. The first-order chi connectivity index (χ1) is 9.32. The molecule has 1 aliphatic rings. The van der Waals surface area contributed by atoms with Crippen molar-refractivity contribution in [2.75, 3.05) is 0 Å². The number of carbonyl (C=O) groups excluding carboxylic acids is 1. The molecule has 0 aromatic heterocycles. The van der Waals surface area contributed by atoms with E-state index in [1.807, 2.05) is 13.0 Å². The van der Waals surface area contributed by atoms with Crippen molar-refractivity contribution in [3.8, 4) is 6.07 Å². The Hall–Kier alpha value is -2.03. The van der Waals surface area contributed by atoms with Gasteiger partial charge in [-0.1, -0.05) is 19.1 Å². The second kappa shape index (κ2) is 4.82. The molecule has 1 aliphatic heterocycles. The fourth-order valence-corrected chi connectivity index (χ4v) is 2.45. The molecule has 0 saturated carbocycles. The molecule has 2 atom stereocenters. The van der Waals surface area contributed by atoms with E-state index >= 15 is 0 Å². The van der Waals surface area contributed by atoms with Gasteiger partial charge >= 0.3 is 6.18 Å². The molecule has 0 radical (unpaired) electrons. The number of halogens is 3. The standard InChI is InChI=1S/C14H13F3N2O/c1-3-8(2)19-11(7-18)9-5-4-6-10(14(15,16)17)12(9)13(19)20/h4-6,8,11H,3H2,1-2H3. The third kappa shape index (κ3) is 2.03. The molecule has 106 valence electrons. The monoisotopic (exact) mass is 282 g/mol. The second-order valence-electron chi connectivity index (χ2n) is 4.77. The highest BCUT2D eigenvalue weighted by Gasteiger charge is 2.45. The molecule has 20 heavy (non-hydrogen) atoms. The highest BCUT2D eigenvalue weighted by molar-refractivity contribution is 6.01. The third-order valence-corrected chi connectivity index (χ3v) is 3.61. The minimum Gasteiger partial charge on any atom is -0.316 e. The van der Waals surface area contributed by atoms with E-state index in [0.29, 0.717) is 6.42 Å². The quantitative estimate of drug-likeness (QED) is 0.833. The van der Waals surface area contributed by atoms with Crippen LogP contribution in [-0.4, -0.2) is 16.8 Å². The van der Waals surface area contributed by atoms with Gasteiger partial charge in [-0.15, -0.1) is 0 Å². The summed E-state index contributed by atoms with van der Waals surface area (Å²) in [4.78, 5) is 13.5. The normalized spacial score (nSPS) is 19.7. The van der Waals surface area contributed by atoms with Crippen molar-refractivity contribution in [2.24, 2.45) is 0 Å². The number of rotatable bonds is 2. The zero-order chi connectivity index (χ0) is 15.1. The summed E-state index contributed by atoms with van der Waals surface area (Å²) >= 11 is 0. The lowest BCUT2D eigenvalue weighted by atomic mass is 9.99. The number of nitriles is 1. The van der Waals surface area contributed by atoms with Crippen LogP contribution < -0.4 is 0 Å². The van der Waals surface area contributed by atoms with Crippen LogP contribution in [-0.2, 0) is 6.18 Å². The predicted molar refractivity (Wildman–Crippen MR) is 65.7 cm³/mol. The number of hydrogen-bond acceptors (Lipinski definition) is 2. The van der Waals surface area contributed by atoms with E-state index in [2.05, 4.69) is 0 Å². The van der Waals surface area contributed by atoms with Crippen molar-refractivity contribution >= 4 is 5.91 Å². The molecule has 0 saturated heterocycles. The molecule has 1 heterocycles. The van der Waals surface area contributed by atoms with Crippen LogP contribution in [0.25, 0.3) is 0 Å². The number of nitrogens with zero attached hydrogens (tertiary/aromatic N) is 2. The number of hydrogen-bond donors (Lipinski definition) is 0. The van der Waals surface area contributed by atoms with Gasteiger partial charge in [0, 0.05) is 11.6 Å². The van der Waals surface area contributed by atoms with Gasteiger partial charge in [0.2, 0.25) is 0 Å². The first-order valence-corrected chi connectivity index (χ1v) is 6.25.